The van der Waals surface area contributed by atoms with Crippen molar-refractivity contribution in [2.75, 3.05) is 0 Å². The number of carbonyl (C=O) groups is 2. The lowest BCUT2D eigenvalue weighted by atomic mass is 10.0. The van der Waals surface area contributed by atoms with E-state index in [1.54, 1.807) is 36.4 Å². The molecule has 4 nitrogen and oxygen atoms in total. The summed E-state index contributed by atoms with van der Waals surface area (Å²) in [4.78, 5) is 28.6. The lowest BCUT2D eigenvalue weighted by Crippen LogP contribution is -2.52. The highest BCUT2D eigenvalue weighted by Gasteiger charge is 2.32. The lowest BCUT2D eigenvalue weighted by molar-refractivity contribution is -0.141. The summed E-state index contributed by atoms with van der Waals surface area (Å²) >= 11 is 0. The van der Waals surface area contributed by atoms with Crippen molar-refractivity contribution in [3.63, 3.8) is 0 Å². The Labute approximate surface area is 205 Å². The summed E-state index contributed by atoms with van der Waals surface area (Å²) < 4.78 is 29.0. The van der Waals surface area contributed by atoms with E-state index in [0.29, 0.717) is 5.56 Å². The van der Waals surface area contributed by atoms with Gasteiger partial charge in [0.15, 0.2) is 0 Å². The number of nitrogens with one attached hydrogen (secondary N) is 1. The van der Waals surface area contributed by atoms with Crippen LogP contribution in [0.3, 0.4) is 0 Å². The Hall–Kier alpha value is -3.54. The van der Waals surface area contributed by atoms with Gasteiger partial charge in [0, 0.05) is 24.6 Å². The van der Waals surface area contributed by atoms with E-state index in [4.69, 9.17) is 0 Å². The Morgan fingerprint density at radius 1 is 0.829 bits per heavy atom. The first-order chi connectivity index (χ1) is 17.0. The van der Waals surface area contributed by atoms with Crippen molar-refractivity contribution in [3.05, 3.63) is 107 Å². The predicted molar refractivity (Wildman–Crippen MR) is 131 cm³/mol. The third kappa shape index (κ3) is 6.53. The molecule has 0 bridgehead atoms. The zero-order valence-corrected chi connectivity index (χ0v) is 19.6. The van der Waals surface area contributed by atoms with Crippen molar-refractivity contribution in [3.8, 4) is 0 Å². The molecule has 0 heterocycles. The van der Waals surface area contributed by atoms with Gasteiger partial charge in [-0.25, -0.2) is 8.78 Å². The fourth-order valence-corrected chi connectivity index (χ4v) is 4.64. The minimum Gasteiger partial charge on any atom is -0.352 e. The van der Waals surface area contributed by atoms with Crippen LogP contribution in [-0.4, -0.2) is 28.8 Å². The molecule has 1 N–H and O–H groups in total. The summed E-state index contributed by atoms with van der Waals surface area (Å²) in [6.07, 6.45) is 3.97. The number of nitrogens with zero attached hydrogens (tertiary/aromatic N) is 1. The second-order valence-corrected chi connectivity index (χ2v) is 9.08. The average molecular weight is 477 g/mol. The first-order valence-corrected chi connectivity index (χ1v) is 12.1. The molecule has 1 saturated carbocycles. The van der Waals surface area contributed by atoms with Crippen LogP contribution in [0.4, 0.5) is 8.78 Å². The molecule has 35 heavy (non-hydrogen) atoms. The van der Waals surface area contributed by atoms with E-state index in [-0.39, 0.29) is 36.9 Å². The first kappa shape index (κ1) is 24.6. The van der Waals surface area contributed by atoms with E-state index in [1.165, 1.54) is 17.0 Å². The summed E-state index contributed by atoms with van der Waals surface area (Å²) in [5, 5.41) is 3.11. The fourth-order valence-electron chi connectivity index (χ4n) is 4.64. The van der Waals surface area contributed by atoms with Crippen LogP contribution in [0, 0.1) is 11.6 Å². The predicted octanol–water partition coefficient (Wildman–Crippen LogP) is 5.21. The molecular formula is C29H30F2N2O2. The van der Waals surface area contributed by atoms with Crippen molar-refractivity contribution in [2.45, 2.75) is 57.2 Å². The van der Waals surface area contributed by atoms with Gasteiger partial charge >= 0.3 is 0 Å². The zero-order chi connectivity index (χ0) is 24.6. The Morgan fingerprint density at radius 2 is 1.40 bits per heavy atom. The zero-order valence-electron chi connectivity index (χ0n) is 19.6. The van der Waals surface area contributed by atoms with Crippen LogP contribution in [0.25, 0.3) is 0 Å². The van der Waals surface area contributed by atoms with Gasteiger partial charge < -0.3 is 10.2 Å². The van der Waals surface area contributed by atoms with E-state index in [2.05, 4.69) is 5.32 Å². The van der Waals surface area contributed by atoms with Gasteiger partial charge in [-0.2, -0.15) is 0 Å². The summed E-state index contributed by atoms with van der Waals surface area (Å²) in [5.74, 6) is -1.63. The van der Waals surface area contributed by atoms with E-state index in [1.807, 2.05) is 30.3 Å². The molecule has 0 unspecified atom stereocenters. The van der Waals surface area contributed by atoms with Crippen LogP contribution in [-0.2, 0) is 29.0 Å². The van der Waals surface area contributed by atoms with Crippen LogP contribution >= 0.6 is 0 Å². The number of amides is 2. The van der Waals surface area contributed by atoms with Gasteiger partial charge in [0.05, 0.1) is 6.42 Å². The molecule has 3 aromatic carbocycles. The molecule has 0 saturated heterocycles. The second kappa shape index (κ2) is 11.7. The molecule has 182 valence electrons. The monoisotopic (exact) mass is 476 g/mol. The molecule has 1 fully saturated rings. The number of halogens is 2. The standard InChI is InChI=1S/C29H30F2N2O2/c30-25-16-8-4-12-22(25)19-28(34)33(20-23-13-5-9-17-26(23)31)27(18-21-10-2-1-3-11-21)29(35)32-24-14-6-7-15-24/h1-5,8-13,16-17,24,27H,6-7,14-15,18-20H2,(H,32,35)/t27-/m0/s1. The Morgan fingerprint density at radius 3 is 2.03 bits per heavy atom. The first-order valence-electron chi connectivity index (χ1n) is 12.1. The van der Waals surface area contributed by atoms with Gasteiger partial charge in [0.1, 0.15) is 17.7 Å². The third-order valence-corrected chi connectivity index (χ3v) is 6.57. The highest BCUT2D eigenvalue weighted by molar-refractivity contribution is 5.89. The fraction of sp³-hybridized carbons (Fsp3) is 0.310. The second-order valence-electron chi connectivity index (χ2n) is 9.08. The molecule has 1 aliphatic carbocycles. The van der Waals surface area contributed by atoms with E-state index >= 15 is 0 Å². The highest BCUT2D eigenvalue weighted by atomic mass is 19.1. The summed E-state index contributed by atoms with van der Waals surface area (Å²) in [7, 11) is 0. The number of hydrogen-bond acceptors (Lipinski definition) is 2. The summed E-state index contributed by atoms with van der Waals surface area (Å²) in [5.41, 5.74) is 1.43. The number of hydrogen-bond donors (Lipinski definition) is 1. The van der Waals surface area contributed by atoms with E-state index in [0.717, 1.165) is 31.2 Å². The Bertz CT molecular complexity index is 1150. The molecule has 0 aromatic heterocycles. The molecule has 0 aliphatic heterocycles. The van der Waals surface area contributed by atoms with Gasteiger partial charge in [-0.05, 0) is 36.1 Å². The average Bonchev–Trinajstić information content (AvgIpc) is 3.37. The van der Waals surface area contributed by atoms with Gasteiger partial charge in [-0.3, -0.25) is 9.59 Å². The lowest BCUT2D eigenvalue weighted by Gasteiger charge is -2.32. The Kier molecular flexibility index (Phi) is 8.24. The minimum absolute atomic E-state index is 0.0674. The summed E-state index contributed by atoms with van der Waals surface area (Å²) in [6.45, 7) is -0.0878. The van der Waals surface area contributed by atoms with Crippen molar-refractivity contribution >= 4 is 11.8 Å². The van der Waals surface area contributed by atoms with Gasteiger partial charge in [-0.15, -0.1) is 0 Å². The number of carbonyl (C=O) groups excluding carboxylic acids is 2. The molecule has 3 aromatic rings. The van der Waals surface area contributed by atoms with Crippen molar-refractivity contribution in [1.29, 1.82) is 0 Å². The maximum Gasteiger partial charge on any atom is 0.243 e. The van der Waals surface area contributed by atoms with Crippen LogP contribution in [0.15, 0.2) is 78.9 Å². The molecule has 0 spiro atoms. The van der Waals surface area contributed by atoms with Crippen molar-refractivity contribution in [1.82, 2.24) is 10.2 Å². The maximum absolute atomic E-state index is 14.6. The third-order valence-electron chi connectivity index (χ3n) is 6.57. The van der Waals surface area contributed by atoms with Crippen molar-refractivity contribution in [2.24, 2.45) is 0 Å². The van der Waals surface area contributed by atoms with Crippen LogP contribution in [0.5, 0.6) is 0 Å². The molecule has 1 aliphatic rings. The Balaban J connectivity index is 1.68. The molecule has 1 atom stereocenters. The number of benzene rings is 3. The quantitative estimate of drug-likeness (QED) is 0.461. The largest absolute Gasteiger partial charge is 0.352 e. The minimum atomic E-state index is -0.864. The van der Waals surface area contributed by atoms with Crippen LogP contribution < -0.4 is 5.32 Å². The smallest absolute Gasteiger partial charge is 0.243 e. The molecular weight excluding hydrogens is 446 g/mol. The molecule has 6 heteroatoms. The normalized spacial score (nSPS) is 14.5. The van der Waals surface area contributed by atoms with Gasteiger partial charge in [0.2, 0.25) is 11.8 Å². The molecule has 2 amide bonds. The van der Waals surface area contributed by atoms with Crippen LogP contribution in [0.2, 0.25) is 0 Å². The highest BCUT2D eigenvalue weighted by Crippen LogP contribution is 2.21. The molecule has 4 rings (SSSR count). The SMILES string of the molecule is O=C(NC1CCCC1)[C@H](Cc1ccccc1)N(Cc1ccccc1F)C(=O)Cc1ccccc1F. The van der Waals surface area contributed by atoms with Gasteiger partial charge in [-0.1, -0.05) is 79.6 Å². The van der Waals surface area contributed by atoms with E-state index in [9.17, 15) is 18.4 Å². The van der Waals surface area contributed by atoms with Gasteiger partial charge in [0.25, 0.3) is 0 Å². The topological polar surface area (TPSA) is 49.4 Å². The molecule has 0 radical (unpaired) electrons. The van der Waals surface area contributed by atoms with Crippen molar-refractivity contribution < 1.29 is 18.4 Å². The van der Waals surface area contributed by atoms with Crippen LogP contribution in [0.1, 0.15) is 42.4 Å². The summed E-state index contributed by atoms with van der Waals surface area (Å²) in [6, 6.07) is 21.0. The van der Waals surface area contributed by atoms with E-state index < -0.39 is 23.6 Å². The number of rotatable bonds is 9. The maximum atomic E-state index is 14.6.